The summed E-state index contributed by atoms with van der Waals surface area (Å²) in [7, 11) is -2.71. The summed E-state index contributed by atoms with van der Waals surface area (Å²) >= 11 is 0. The summed E-state index contributed by atoms with van der Waals surface area (Å²) in [6.45, 7) is 0. The topological polar surface area (TPSA) is 107 Å². The van der Waals surface area contributed by atoms with Gasteiger partial charge in [0.1, 0.15) is 0 Å². The molecule has 0 aromatic heterocycles. The number of ketones is 1. The highest BCUT2D eigenvalue weighted by Gasteiger charge is 2.35. The van der Waals surface area contributed by atoms with Crippen molar-refractivity contribution >= 4 is 27.5 Å². The lowest BCUT2D eigenvalue weighted by Gasteiger charge is -2.21. The SMILES string of the molecule is COC(=O)C[C@@H](NC(=O)c1ccc2c(c1)S(=O)(=O)c1ccccc1C2=O)c1ccccc1. The Labute approximate surface area is 185 Å². The Hall–Kier alpha value is -3.78. The van der Waals surface area contributed by atoms with Crippen LogP contribution in [0.25, 0.3) is 0 Å². The van der Waals surface area contributed by atoms with Gasteiger partial charge < -0.3 is 10.1 Å². The summed E-state index contributed by atoms with van der Waals surface area (Å²) in [6, 6.07) is 18.2. The summed E-state index contributed by atoms with van der Waals surface area (Å²) in [5.74, 6) is -1.49. The van der Waals surface area contributed by atoms with Crippen LogP contribution in [0.2, 0.25) is 0 Å². The van der Waals surface area contributed by atoms with Gasteiger partial charge in [-0.1, -0.05) is 42.5 Å². The van der Waals surface area contributed by atoms with E-state index in [4.69, 9.17) is 4.74 Å². The fourth-order valence-electron chi connectivity index (χ4n) is 3.65. The van der Waals surface area contributed by atoms with Crippen molar-refractivity contribution in [3.8, 4) is 0 Å². The van der Waals surface area contributed by atoms with E-state index in [0.29, 0.717) is 5.56 Å². The number of methoxy groups -OCH3 is 1. The Morgan fingerprint density at radius 2 is 1.56 bits per heavy atom. The first-order valence-corrected chi connectivity index (χ1v) is 11.3. The molecule has 0 saturated carbocycles. The van der Waals surface area contributed by atoms with E-state index < -0.39 is 33.5 Å². The molecule has 0 aliphatic carbocycles. The molecule has 7 nitrogen and oxygen atoms in total. The van der Waals surface area contributed by atoms with Gasteiger partial charge >= 0.3 is 5.97 Å². The second kappa shape index (κ2) is 8.39. The van der Waals surface area contributed by atoms with Gasteiger partial charge in [-0.2, -0.15) is 0 Å². The molecule has 0 fully saturated rings. The molecule has 1 atom stereocenters. The zero-order valence-electron chi connectivity index (χ0n) is 17.1. The summed E-state index contributed by atoms with van der Waals surface area (Å²) in [6.07, 6.45) is -0.0959. The second-order valence-corrected chi connectivity index (χ2v) is 9.14. The number of benzene rings is 3. The maximum atomic E-state index is 13.1. The molecule has 1 aliphatic rings. The van der Waals surface area contributed by atoms with Gasteiger partial charge in [0.05, 0.1) is 29.4 Å². The number of carbonyl (C=O) groups excluding carboxylic acids is 3. The van der Waals surface area contributed by atoms with Gasteiger partial charge in [0.15, 0.2) is 5.78 Å². The van der Waals surface area contributed by atoms with Gasteiger partial charge in [-0.15, -0.1) is 0 Å². The molecule has 0 saturated heterocycles. The van der Waals surface area contributed by atoms with E-state index in [-0.39, 0.29) is 32.9 Å². The number of hydrogen-bond donors (Lipinski definition) is 1. The fraction of sp³-hybridized carbons (Fsp3) is 0.125. The van der Waals surface area contributed by atoms with Gasteiger partial charge in [-0.25, -0.2) is 8.42 Å². The number of esters is 1. The Kier molecular flexibility index (Phi) is 5.63. The number of nitrogens with one attached hydrogen (secondary N) is 1. The molecule has 0 bridgehead atoms. The van der Waals surface area contributed by atoms with Crippen LogP contribution >= 0.6 is 0 Å². The van der Waals surface area contributed by atoms with E-state index in [2.05, 4.69) is 5.32 Å². The van der Waals surface area contributed by atoms with Crippen LogP contribution in [0.3, 0.4) is 0 Å². The number of rotatable bonds is 5. The third kappa shape index (κ3) is 3.80. The van der Waals surface area contributed by atoms with Crippen molar-refractivity contribution in [3.05, 3.63) is 95.1 Å². The van der Waals surface area contributed by atoms with E-state index in [1.807, 2.05) is 6.07 Å². The molecule has 0 spiro atoms. The lowest BCUT2D eigenvalue weighted by Crippen LogP contribution is -2.31. The van der Waals surface area contributed by atoms with Crippen molar-refractivity contribution in [1.29, 1.82) is 0 Å². The van der Waals surface area contributed by atoms with E-state index in [1.54, 1.807) is 36.4 Å². The molecular formula is C24H19NO6S. The Bertz CT molecular complexity index is 1330. The zero-order chi connectivity index (χ0) is 22.9. The number of hydrogen-bond acceptors (Lipinski definition) is 6. The standard InChI is InChI=1S/C24H19NO6S/c1-31-22(26)14-19(15-7-3-2-4-8-15)25-24(28)16-11-12-18-21(13-16)32(29,30)20-10-6-5-9-17(20)23(18)27/h2-13,19H,14H2,1H3,(H,25,28)/t19-/m1/s1. The summed E-state index contributed by atoms with van der Waals surface area (Å²) in [4.78, 5) is 37.3. The lowest BCUT2D eigenvalue weighted by atomic mass is 10.00. The summed E-state index contributed by atoms with van der Waals surface area (Å²) in [5, 5.41) is 2.76. The van der Waals surface area contributed by atoms with Crippen molar-refractivity contribution < 1.29 is 27.5 Å². The molecule has 8 heteroatoms. The monoisotopic (exact) mass is 449 g/mol. The third-order valence-electron chi connectivity index (χ3n) is 5.30. The van der Waals surface area contributed by atoms with Gasteiger partial charge in [-0.05, 0) is 35.9 Å². The maximum Gasteiger partial charge on any atom is 0.307 e. The highest BCUT2D eigenvalue weighted by atomic mass is 32.2. The normalized spacial score (nSPS) is 14.6. The molecule has 4 rings (SSSR count). The van der Waals surface area contributed by atoms with E-state index in [9.17, 15) is 22.8 Å². The minimum Gasteiger partial charge on any atom is -0.469 e. The molecule has 1 N–H and O–H groups in total. The van der Waals surface area contributed by atoms with Crippen molar-refractivity contribution in [1.82, 2.24) is 5.32 Å². The number of fused-ring (bicyclic) bond motifs is 2. The fourth-order valence-corrected chi connectivity index (χ4v) is 5.33. The Morgan fingerprint density at radius 1 is 0.906 bits per heavy atom. The number of ether oxygens (including phenoxy) is 1. The van der Waals surface area contributed by atoms with Gasteiger partial charge in [-0.3, -0.25) is 14.4 Å². The molecule has 3 aromatic carbocycles. The lowest BCUT2D eigenvalue weighted by molar-refractivity contribution is -0.141. The highest BCUT2D eigenvalue weighted by molar-refractivity contribution is 7.91. The predicted octanol–water partition coefficient (Wildman–Crippen LogP) is 3.10. The second-order valence-electron chi connectivity index (χ2n) is 7.26. The molecule has 32 heavy (non-hydrogen) atoms. The molecule has 162 valence electrons. The first-order valence-electron chi connectivity index (χ1n) is 9.78. The minimum absolute atomic E-state index is 0.0226. The summed E-state index contributed by atoms with van der Waals surface area (Å²) in [5.41, 5.74) is 0.889. The first kappa shape index (κ1) is 21.5. The Balaban J connectivity index is 1.69. The average Bonchev–Trinajstić information content (AvgIpc) is 2.82. The molecule has 0 unspecified atom stereocenters. The highest BCUT2D eigenvalue weighted by Crippen LogP contribution is 2.34. The van der Waals surface area contributed by atoms with Crippen molar-refractivity contribution in [3.63, 3.8) is 0 Å². The number of amides is 1. The Morgan fingerprint density at radius 3 is 2.28 bits per heavy atom. The van der Waals surface area contributed by atoms with Gasteiger partial charge in [0.2, 0.25) is 9.84 Å². The molecule has 1 aliphatic heterocycles. The van der Waals surface area contributed by atoms with Crippen LogP contribution in [0.15, 0.2) is 82.6 Å². The van der Waals surface area contributed by atoms with Crippen LogP contribution < -0.4 is 5.32 Å². The molecular weight excluding hydrogens is 430 g/mol. The quantitative estimate of drug-likeness (QED) is 0.469. The molecule has 3 aromatic rings. The van der Waals surface area contributed by atoms with E-state index in [0.717, 1.165) is 0 Å². The molecule has 0 radical (unpaired) electrons. The van der Waals surface area contributed by atoms with Crippen molar-refractivity contribution in [2.45, 2.75) is 22.3 Å². The van der Waals surface area contributed by atoms with Crippen LogP contribution in [-0.4, -0.2) is 33.2 Å². The molecule has 1 heterocycles. The summed E-state index contributed by atoms with van der Waals surface area (Å²) < 4.78 is 30.9. The van der Waals surface area contributed by atoms with E-state index >= 15 is 0 Å². The third-order valence-corrected chi connectivity index (χ3v) is 7.16. The van der Waals surface area contributed by atoms with Crippen molar-refractivity contribution in [2.75, 3.05) is 7.11 Å². The van der Waals surface area contributed by atoms with E-state index in [1.165, 1.54) is 37.4 Å². The minimum atomic E-state index is -3.97. The average molecular weight is 449 g/mol. The first-order chi connectivity index (χ1) is 15.3. The maximum absolute atomic E-state index is 13.1. The van der Waals surface area contributed by atoms with Crippen LogP contribution in [0.5, 0.6) is 0 Å². The van der Waals surface area contributed by atoms with Crippen LogP contribution in [0.4, 0.5) is 0 Å². The molecule has 1 amide bonds. The number of sulfone groups is 1. The van der Waals surface area contributed by atoms with Gasteiger partial charge in [0, 0.05) is 16.7 Å². The zero-order valence-corrected chi connectivity index (χ0v) is 17.9. The largest absolute Gasteiger partial charge is 0.469 e. The number of carbonyl (C=O) groups is 3. The smallest absolute Gasteiger partial charge is 0.307 e. The predicted molar refractivity (Wildman–Crippen MR) is 115 cm³/mol. The van der Waals surface area contributed by atoms with Crippen LogP contribution in [0.1, 0.15) is 44.3 Å². The van der Waals surface area contributed by atoms with Crippen molar-refractivity contribution in [2.24, 2.45) is 0 Å². The van der Waals surface area contributed by atoms with Crippen LogP contribution in [0, 0.1) is 0 Å². The van der Waals surface area contributed by atoms with Crippen LogP contribution in [-0.2, 0) is 19.4 Å². The van der Waals surface area contributed by atoms with Gasteiger partial charge in [0.25, 0.3) is 5.91 Å².